The molecule has 5 heteroatoms. The lowest BCUT2D eigenvalue weighted by atomic mass is 9.91. The van der Waals surface area contributed by atoms with Crippen LogP contribution in [-0.4, -0.2) is 30.5 Å². The lowest BCUT2D eigenvalue weighted by Gasteiger charge is -2.16. The fourth-order valence-electron chi connectivity index (χ4n) is 3.54. The van der Waals surface area contributed by atoms with E-state index in [-0.39, 0.29) is 23.5 Å². The van der Waals surface area contributed by atoms with E-state index in [2.05, 4.69) is 0 Å². The Labute approximate surface area is 180 Å². The number of hydrogen-bond acceptors (Lipinski definition) is 5. The van der Waals surface area contributed by atoms with Crippen molar-refractivity contribution in [2.24, 2.45) is 0 Å². The number of carbonyl (C=O) groups is 2. The smallest absolute Gasteiger partial charge is 0.341 e. The van der Waals surface area contributed by atoms with Gasteiger partial charge < -0.3 is 9.47 Å². The molecule has 0 saturated carbocycles. The number of ether oxygens (including phenoxy) is 2. The normalized spacial score (nSPS) is 10.6. The number of nitrogens with zero attached hydrogens (tertiary/aromatic N) is 1. The quantitative estimate of drug-likeness (QED) is 0.317. The Bertz CT molecular complexity index is 1250. The van der Waals surface area contributed by atoms with Crippen molar-refractivity contribution in [1.82, 2.24) is 4.98 Å². The fourth-order valence-corrected chi connectivity index (χ4v) is 3.54. The van der Waals surface area contributed by atoms with Crippen molar-refractivity contribution in [3.8, 4) is 17.0 Å². The topological polar surface area (TPSA) is 65.5 Å². The van der Waals surface area contributed by atoms with E-state index in [4.69, 9.17) is 14.5 Å². The van der Waals surface area contributed by atoms with Crippen LogP contribution in [0.1, 0.15) is 33.2 Å². The monoisotopic (exact) mass is 411 g/mol. The van der Waals surface area contributed by atoms with Gasteiger partial charge >= 0.3 is 5.97 Å². The van der Waals surface area contributed by atoms with Crippen molar-refractivity contribution < 1.29 is 19.1 Å². The van der Waals surface area contributed by atoms with Crippen molar-refractivity contribution in [2.75, 3.05) is 13.7 Å². The average Bonchev–Trinajstić information content (AvgIpc) is 2.83. The van der Waals surface area contributed by atoms with E-state index in [1.807, 2.05) is 48.5 Å². The molecule has 0 saturated heterocycles. The zero-order chi connectivity index (χ0) is 21.8. The molecule has 1 heterocycles. The highest BCUT2D eigenvalue weighted by molar-refractivity contribution is 6.22. The number of pyridine rings is 1. The summed E-state index contributed by atoms with van der Waals surface area (Å²) in [5.74, 6) is -0.204. The van der Waals surface area contributed by atoms with Crippen LogP contribution in [-0.2, 0) is 4.74 Å². The highest BCUT2D eigenvalue weighted by Gasteiger charge is 2.27. The summed E-state index contributed by atoms with van der Waals surface area (Å²) in [5, 5.41) is 0.603. The maximum atomic E-state index is 13.7. The molecule has 4 aromatic rings. The molecular formula is C26H21NO4. The Morgan fingerprint density at radius 2 is 1.52 bits per heavy atom. The van der Waals surface area contributed by atoms with Crippen molar-refractivity contribution in [3.05, 3.63) is 95.6 Å². The van der Waals surface area contributed by atoms with Gasteiger partial charge in [-0.1, -0.05) is 48.5 Å². The first kappa shape index (κ1) is 20.3. The van der Waals surface area contributed by atoms with Crippen LogP contribution < -0.4 is 4.74 Å². The molecule has 0 amide bonds. The summed E-state index contributed by atoms with van der Waals surface area (Å²) < 4.78 is 10.6. The number of hydrogen-bond donors (Lipinski definition) is 0. The number of benzene rings is 3. The van der Waals surface area contributed by atoms with Crippen molar-refractivity contribution in [1.29, 1.82) is 0 Å². The number of aromatic nitrogens is 1. The minimum absolute atomic E-state index is 0.174. The molecule has 0 N–H and O–H groups in total. The Kier molecular flexibility index (Phi) is 5.76. The molecule has 4 rings (SSSR count). The molecule has 0 aliphatic heterocycles. The molecule has 31 heavy (non-hydrogen) atoms. The first-order valence-electron chi connectivity index (χ1n) is 9.98. The van der Waals surface area contributed by atoms with Gasteiger partial charge in [-0.3, -0.25) is 4.79 Å². The Morgan fingerprint density at radius 1 is 0.839 bits per heavy atom. The van der Waals surface area contributed by atoms with Gasteiger partial charge in [-0.05, 0) is 37.3 Å². The molecule has 1 aromatic heterocycles. The van der Waals surface area contributed by atoms with Crippen LogP contribution in [0.2, 0.25) is 0 Å². The third-order valence-electron chi connectivity index (χ3n) is 5.00. The van der Waals surface area contributed by atoms with Crippen LogP contribution >= 0.6 is 0 Å². The van der Waals surface area contributed by atoms with E-state index in [0.29, 0.717) is 27.9 Å². The number of methoxy groups -OCH3 is 1. The summed E-state index contributed by atoms with van der Waals surface area (Å²) in [7, 11) is 1.57. The zero-order valence-corrected chi connectivity index (χ0v) is 17.3. The molecular weight excluding hydrogens is 390 g/mol. The maximum absolute atomic E-state index is 13.7. The third-order valence-corrected chi connectivity index (χ3v) is 5.00. The summed E-state index contributed by atoms with van der Waals surface area (Å²) in [5.41, 5.74) is 2.70. The van der Waals surface area contributed by atoms with Crippen LogP contribution in [0.4, 0.5) is 0 Å². The third kappa shape index (κ3) is 3.90. The van der Waals surface area contributed by atoms with Gasteiger partial charge in [0.25, 0.3) is 0 Å². The van der Waals surface area contributed by atoms with E-state index in [1.165, 1.54) is 0 Å². The molecule has 154 valence electrons. The lowest BCUT2D eigenvalue weighted by molar-refractivity contribution is 0.0524. The standard InChI is InChI=1S/C26H21NO4/c1-3-31-26(29)23-22(25(28)18-13-15-19(30-2)16-14-18)20-11-7-8-12-21(20)27-24(23)17-9-5-4-6-10-17/h4-16H,3H2,1-2H3. The highest BCUT2D eigenvalue weighted by atomic mass is 16.5. The summed E-state index contributed by atoms with van der Waals surface area (Å²) in [6, 6.07) is 23.5. The molecule has 0 spiro atoms. The summed E-state index contributed by atoms with van der Waals surface area (Å²) in [6.45, 7) is 1.93. The van der Waals surface area contributed by atoms with Gasteiger partial charge in [-0.15, -0.1) is 0 Å². The van der Waals surface area contributed by atoms with Gasteiger partial charge in [0.05, 0.1) is 30.5 Å². The van der Waals surface area contributed by atoms with Crippen LogP contribution in [0, 0.1) is 0 Å². The Hall–Kier alpha value is -3.99. The van der Waals surface area contributed by atoms with E-state index in [0.717, 1.165) is 5.56 Å². The summed E-state index contributed by atoms with van der Waals surface area (Å²) in [6.07, 6.45) is 0. The molecule has 0 unspecified atom stereocenters. The summed E-state index contributed by atoms with van der Waals surface area (Å²) >= 11 is 0. The van der Waals surface area contributed by atoms with Crippen LogP contribution in [0.3, 0.4) is 0 Å². The van der Waals surface area contributed by atoms with Gasteiger partial charge in [-0.2, -0.15) is 0 Å². The molecule has 0 atom stereocenters. The second-order valence-corrected chi connectivity index (χ2v) is 6.87. The minimum Gasteiger partial charge on any atom is -0.497 e. The number of para-hydroxylation sites is 1. The lowest BCUT2D eigenvalue weighted by Crippen LogP contribution is -2.16. The number of ketones is 1. The van der Waals surface area contributed by atoms with E-state index >= 15 is 0 Å². The molecule has 5 nitrogen and oxygen atoms in total. The maximum Gasteiger partial charge on any atom is 0.341 e. The number of rotatable bonds is 6. The largest absolute Gasteiger partial charge is 0.497 e. The minimum atomic E-state index is -0.573. The van der Waals surface area contributed by atoms with Crippen molar-refractivity contribution in [2.45, 2.75) is 6.92 Å². The SMILES string of the molecule is CCOC(=O)c1c(-c2ccccc2)nc2ccccc2c1C(=O)c1ccc(OC)cc1. The number of fused-ring (bicyclic) bond motifs is 1. The van der Waals surface area contributed by atoms with E-state index in [1.54, 1.807) is 44.4 Å². The Morgan fingerprint density at radius 3 is 2.19 bits per heavy atom. The number of esters is 1. The van der Waals surface area contributed by atoms with Gasteiger partial charge in [0, 0.05) is 22.1 Å². The fraction of sp³-hybridized carbons (Fsp3) is 0.115. The summed E-state index contributed by atoms with van der Waals surface area (Å²) in [4.78, 5) is 31.5. The van der Waals surface area contributed by atoms with Gasteiger partial charge in [0.15, 0.2) is 5.78 Å². The van der Waals surface area contributed by atoms with E-state index < -0.39 is 5.97 Å². The van der Waals surface area contributed by atoms with E-state index in [9.17, 15) is 9.59 Å². The predicted octanol–water partition coefficient (Wildman–Crippen LogP) is 5.32. The first-order valence-corrected chi connectivity index (χ1v) is 9.98. The molecule has 0 fully saturated rings. The second-order valence-electron chi connectivity index (χ2n) is 6.87. The molecule has 0 aliphatic rings. The molecule has 0 bridgehead atoms. The van der Waals surface area contributed by atoms with Gasteiger partial charge in [0.1, 0.15) is 5.75 Å². The van der Waals surface area contributed by atoms with Crippen LogP contribution in [0.25, 0.3) is 22.2 Å². The molecule has 3 aromatic carbocycles. The number of carbonyl (C=O) groups excluding carboxylic acids is 2. The van der Waals surface area contributed by atoms with Crippen LogP contribution in [0.5, 0.6) is 5.75 Å². The highest BCUT2D eigenvalue weighted by Crippen LogP contribution is 2.32. The predicted molar refractivity (Wildman–Crippen MR) is 120 cm³/mol. The first-order chi connectivity index (χ1) is 15.1. The van der Waals surface area contributed by atoms with Gasteiger partial charge in [-0.25, -0.2) is 9.78 Å². The van der Waals surface area contributed by atoms with Gasteiger partial charge in [0.2, 0.25) is 0 Å². The average molecular weight is 411 g/mol. The van der Waals surface area contributed by atoms with Crippen molar-refractivity contribution in [3.63, 3.8) is 0 Å². The zero-order valence-electron chi connectivity index (χ0n) is 17.3. The Balaban J connectivity index is 2.04. The van der Waals surface area contributed by atoms with Crippen LogP contribution in [0.15, 0.2) is 78.9 Å². The van der Waals surface area contributed by atoms with Crippen molar-refractivity contribution >= 4 is 22.7 Å². The molecule has 0 radical (unpaired) electrons. The molecule has 0 aliphatic carbocycles. The second kappa shape index (κ2) is 8.79.